The van der Waals surface area contributed by atoms with E-state index in [1.165, 1.54) is 0 Å². The first kappa shape index (κ1) is 11.0. The molecule has 0 radical (unpaired) electrons. The summed E-state index contributed by atoms with van der Waals surface area (Å²) in [6.07, 6.45) is 0. The van der Waals surface area contributed by atoms with Crippen molar-refractivity contribution in [2.45, 2.75) is 0 Å². The monoisotopic (exact) mass is 250 g/mol. The Morgan fingerprint density at radius 1 is 1.44 bits per heavy atom. The van der Waals surface area contributed by atoms with Crippen LogP contribution in [0.5, 0.6) is 0 Å². The number of fused-ring (bicyclic) bond motifs is 1. The first-order chi connectivity index (χ1) is 7.68. The van der Waals surface area contributed by atoms with Crippen LogP contribution in [0.1, 0.15) is 10.4 Å². The molecule has 2 aromatic rings. The van der Waals surface area contributed by atoms with Gasteiger partial charge in [-0.05, 0) is 6.07 Å². The summed E-state index contributed by atoms with van der Waals surface area (Å²) in [5.74, 6) is -0.134. The van der Waals surface area contributed by atoms with Gasteiger partial charge in [0.2, 0.25) is 0 Å². The van der Waals surface area contributed by atoms with E-state index in [0.717, 1.165) is 10.1 Å². The third-order valence-corrected chi connectivity index (χ3v) is 3.26. The van der Waals surface area contributed by atoms with Crippen molar-refractivity contribution in [2.24, 2.45) is 5.73 Å². The topological polar surface area (TPSA) is 55.1 Å². The van der Waals surface area contributed by atoms with Crippen molar-refractivity contribution in [2.75, 3.05) is 6.54 Å². The van der Waals surface area contributed by atoms with Gasteiger partial charge in [0, 0.05) is 15.5 Å². The number of nitrogens with two attached hydrogens (primary N) is 1. The van der Waals surface area contributed by atoms with Gasteiger partial charge < -0.3 is 11.1 Å². The van der Waals surface area contributed by atoms with E-state index in [2.05, 4.69) is 5.32 Å². The van der Waals surface area contributed by atoms with Crippen LogP contribution in [-0.4, -0.2) is 17.4 Å². The molecule has 16 heavy (non-hydrogen) atoms. The van der Waals surface area contributed by atoms with Crippen LogP contribution in [0.2, 0.25) is 0 Å². The lowest BCUT2D eigenvalue weighted by Crippen LogP contribution is -2.32. The second-order valence-corrected chi connectivity index (χ2v) is 4.73. The Balaban J connectivity index is 2.26. The Hall–Kier alpha value is -1.46. The molecule has 0 aliphatic rings. The van der Waals surface area contributed by atoms with Crippen molar-refractivity contribution in [3.8, 4) is 0 Å². The van der Waals surface area contributed by atoms with Crippen LogP contribution < -0.4 is 11.1 Å². The number of nitrogens with one attached hydrogen (secondary N) is 1. The Morgan fingerprint density at radius 3 is 2.94 bits per heavy atom. The van der Waals surface area contributed by atoms with E-state index in [9.17, 15) is 4.79 Å². The molecule has 5 heteroatoms. The predicted molar refractivity (Wildman–Crippen MR) is 70.9 cm³/mol. The molecular weight excluding hydrogens is 240 g/mol. The molecule has 0 fully saturated rings. The molecule has 0 aliphatic carbocycles. The average Bonchev–Trinajstić information content (AvgIpc) is 2.69. The highest BCUT2D eigenvalue weighted by atomic mass is 32.1. The molecule has 1 amide bonds. The number of amides is 1. The zero-order valence-electron chi connectivity index (χ0n) is 8.40. The summed E-state index contributed by atoms with van der Waals surface area (Å²) >= 11 is 6.26. The molecule has 3 N–H and O–H groups in total. The van der Waals surface area contributed by atoms with Crippen LogP contribution in [0.3, 0.4) is 0 Å². The Morgan fingerprint density at radius 2 is 2.19 bits per heavy atom. The normalized spacial score (nSPS) is 10.2. The third-order valence-electron chi connectivity index (χ3n) is 2.15. The van der Waals surface area contributed by atoms with Crippen molar-refractivity contribution >= 4 is 44.5 Å². The highest BCUT2D eigenvalue weighted by Crippen LogP contribution is 2.25. The van der Waals surface area contributed by atoms with Gasteiger partial charge in [0.15, 0.2) is 0 Å². The second kappa shape index (κ2) is 4.59. The highest BCUT2D eigenvalue weighted by molar-refractivity contribution is 7.80. The average molecular weight is 250 g/mol. The van der Waals surface area contributed by atoms with Gasteiger partial charge in [-0.2, -0.15) is 0 Å². The Bertz CT molecular complexity index is 548. The minimum atomic E-state index is -0.134. The van der Waals surface area contributed by atoms with Crippen LogP contribution in [0.15, 0.2) is 29.6 Å². The number of hydrogen-bond donors (Lipinski definition) is 2. The van der Waals surface area contributed by atoms with Crippen LogP contribution in [-0.2, 0) is 0 Å². The highest BCUT2D eigenvalue weighted by Gasteiger charge is 2.11. The minimum absolute atomic E-state index is 0.134. The van der Waals surface area contributed by atoms with Gasteiger partial charge in [-0.25, -0.2) is 0 Å². The number of benzene rings is 1. The van der Waals surface area contributed by atoms with Gasteiger partial charge in [-0.1, -0.05) is 30.4 Å². The van der Waals surface area contributed by atoms with E-state index in [0.29, 0.717) is 5.56 Å². The SMILES string of the molecule is NC(=S)CNC(=O)c1csc2ccccc12. The van der Waals surface area contributed by atoms with Crippen molar-refractivity contribution < 1.29 is 4.79 Å². The zero-order valence-corrected chi connectivity index (χ0v) is 10.0. The maximum absolute atomic E-state index is 11.8. The largest absolute Gasteiger partial charge is 0.392 e. The molecule has 0 spiro atoms. The summed E-state index contributed by atoms with van der Waals surface area (Å²) in [6.45, 7) is 0.234. The predicted octanol–water partition coefficient (Wildman–Crippen LogP) is 1.92. The molecule has 3 nitrogen and oxygen atoms in total. The Labute approximate surface area is 102 Å². The van der Waals surface area contributed by atoms with Crippen LogP contribution in [0, 0.1) is 0 Å². The number of thiophene rings is 1. The zero-order chi connectivity index (χ0) is 11.5. The number of rotatable bonds is 3. The van der Waals surface area contributed by atoms with Gasteiger partial charge in [-0.3, -0.25) is 4.79 Å². The van der Waals surface area contributed by atoms with E-state index < -0.39 is 0 Å². The van der Waals surface area contributed by atoms with E-state index >= 15 is 0 Å². The number of hydrogen-bond acceptors (Lipinski definition) is 3. The number of carbonyl (C=O) groups is 1. The summed E-state index contributed by atoms with van der Waals surface area (Å²) in [4.78, 5) is 12.1. The molecule has 0 saturated carbocycles. The molecule has 0 aliphatic heterocycles. The number of carbonyl (C=O) groups excluding carboxylic acids is 1. The van der Waals surface area contributed by atoms with Gasteiger partial charge in [0.1, 0.15) is 0 Å². The summed E-state index contributed by atoms with van der Waals surface area (Å²) in [6, 6.07) is 7.79. The van der Waals surface area contributed by atoms with Gasteiger partial charge in [0.25, 0.3) is 5.91 Å². The van der Waals surface area contributed by atoms with Gasteiger partial charge in [-0.15, -0.1) is 11.3 Å². The lowest BCUT2D eigenvalue weighted by molar-refractivity contribution is 0.0961. The lowest BCUT2D eigenvalue weighted by atomic mass is 10.2. The fourth-order valence-electron chi connectivity index (χ4n) is 1.42. The molecule has 0 saturated heterocycles. The van der Waals surface area contributed by atoms with Crippen LogP contribution in [0.25, 0.3) is 10.1 Å². The molecule has 0 unspecified atom stereocenters. The van der Waals surface area contributed by atoms with Crippen molar-refractivity contribution in [1.82, 2.24) is 5.32 Å². The van der Waals surface area contributed by atoms with Gasteiger partial charge >= 0.3 is 0 Å². The smallest absolute Gasteiger partial charge is 0.253 e. The third kappa shape index (κ3) is 2.20. The summed E-state index contributed by atoms with van der Waals surface area (Å²) < 4.78 is 1.10. The maximum Gasteiger partial charge on any atom is 0.253 e. The molecule has 1 aromatic heterocycles. The quantitative estimate of drug-likeness (QED) is 0.818. The van der Waals surface area contributed by atoms with Crippen LogP contribution >= 0.6 is 23.6 Å². The minimum Gasteiger partial charge on any atom is -0.392 e. The van der Waals surface area contributed by atoms with Gasteiger partial charge in [0.05, 0.1) is 17.1 Å². The maximum atomic E-state index is 11.8. The molecule has 82 valence electrons. The molecular formula is C11H10N2OS2. The molecule has 0 atom stereocenters. The second-order valence-electron chi connectivity index (χ2n) is 3.29. The first-order valence-corrected chi connectivity index (χ1v) is 6.00. The first-order valence-electron chi connectivity index (χ1n) is 4.71. The van der Waals surface area contributed by atoms with E-state index in [1.54, 1.807) is 11.3 Å². The molecule has 1 heterocycles. The fraction of sp³-hybridized carbons (Fsp3) is 0.0909. The van der Waals surface area contributed by atoms with E-state index in [4.69, 9.17) is 18.0 Å². The fourth-order valence-corrected chi connectivity index (χ4v) is 2.43. The summed E-state index contributed by atoms with van der Waals surface area (Å²) in [5, 5.41) is 5.49. The summed E-state index contributed by atoms with van der Waals surface area (Å²) in [7, 11) is 0. The van der Waals surface area contributed by atoms with Crippen molar-refractivity contribution in [3.63, 3.8) is 0 Å². The standard InChI is InChI=1S/C11H10N2OS2/c12-10(15)5-13-11(14)8-6-16-9-4-2-1-3-7(8)9/h1-4,6H,5H2,(H2,12,15)(H,13,14). The molecule has 1 aromatic carbocycles. The van der Waals surface area contributed by atoms with E-state index in [1.807, 2.05) is 29.6 Å². The van der Waals surface area contributed by atoms with Crippen LogP contribution in [0.4, 0.5) is 0 Å². The van der Waals surface area contributed by atoms with Crippen molar-refractivity contribution in [1.29, 1.82) is 0 Å². The van der Waals surface area contributed by atoms with Crippen molar-refractivity contribution in [3.05, 3.63) is 35.2 Å². The Kier molecular flexibility index (Phi) is 3.17. The molecule has 0 bridgehead atoms. The molecule has 2 rings (SSSR count). The number of thiocarbonyl (C=S) groups is 1. The van der Waals surface area contributed by atoms with E-state index in [-0.39, 0.29) is 17.4 Å². The lowest BCUT2D eigenvalue weighted by Gasteiger charge is -2.02. The summed E-state index contributed by atoms with van der Waals surface area (Å²) in [5.41, 5.74) is 6.00.